The van der Waals surface area contributed by atoms with Gasteiger partial charge in [0, 0.05) is 29.4 Å². The average Bonchev–Trinajstić information content (AvgIpc) is 2.60. The third kappa shape index (κ3) is 3.85. The smallest absolute Gasteiger partial charge is 0.268 e. The lowest BCUT2D eigenvalue weighted by molar-refractivity contribution is 0.0923. The van der Waals surface area contributed by atoms with Gasteiger partial charge in [-0.3, -0.25) is 4.79 Å². The van der Waals surface area contributed by atoms with Gasteiger partial charge in [-0.1, -0.05) is 0 Å². The van der Waals surface area contributed by atoms with Crippen LogP contribution in [0.25, 0.3) is 0 Å². The van der Waals surface area contributed by atoms with Crippen molar-refractivity contribution in [3.05, 3.63) is 22.4 Å². The maximum absolute atomic E-state index is 12.0. The van der Waals surface area contributed by atoms with Crippen LogP contribution in [0.2, 0.25) is 0 Å². The van der Waals surface area contributed by atoms with E-state index in [2.05, 4.69) is 21.2 Å². The zero-order valence-corrected chi connectivity index (χ0v) is 12.0. The Labute approximate surface area is 110 Å². The van der Waals surface area contributed by atoms with E-state index in [1.807, 2.05) is 31.5 Å². The van der Waals surface area contributed by atoms with Crippen LogP contribution in [0.4, 0.5) is 0 Å². The number of rotatable bonds is 5. The molecule has 1 aromatic rings. The molecule has 0 aliphatic rings. The van der Waals surface area contributed by atoms with Crippen LogP contribution in [-0.4, -0.2) is 28.2 Å². The number of aromatic nitrogens is 1. The van der Waals surface area contributed by atoms with E-state index < -0.39 is 0 Å². The molecule has 4 nitrogen and oxygen atoms in total. The van der Waals surface area contributed by atoms with Crippen molar-refractivity contribution in [3.8, 4) is 0 Å². The van der Waals surface area contributed by atoms with Gasteiger partial charge in [-0.2, -0.15) is 0 Å². The van der Waals surface area contributed by atoms with Crippen LogP contribution in [0.5, 0.6) is 0 Å². The Balaban J connectivity index is 2.81. The van der Waals surface area contributed by atoms with Crippen LogP contribution in [-0.2, 0) is 0 Å². The summed E-state index contributed by atoms with van der Waals surface area (Å²) in [5, 5.41) is 11.7. The molecular weight excluding hydrogens is 284 g/mol. The largest absolute Gasteiger partial charge is 0.396 e. The van der Waals surface area contributed by atoms with E-state index in [-0.39, 0.29) is 24.6 Å². The standard InChI is InChI=1S/C12H19BrN2O2/c1-8(2)15-7-10(13)6-11(15)12(17)14-9(3)4-5-16/h6-9,16H,4-5H2,1-3H3,(H,14,17)/t9-/m1/s1. The average molecular weight is 303 g/mol. The van der Waals surface area contributed by atoms with Crippen LogP contribution in [0.1, 0.15) is 43.7 Å². The number of hydrogen-bond acceptors (Lipinski definition) is 2. The Kier molecular flexibility index (Phi) is 5.21. The van der Waals surface area contributed by atoms with Gasteiger partial charge in [0.2, 0.25) is 0 Å². The van der Waals surface area contributed by atoms with E-state index in [0.717, 1.165) is 4.47 Å². The van der Waals surface area contributed by atoms with E-state index in [0.29, 0.717) is 12.1 Å². The van der Waals surface area contributed by atoms with Crippen LogP contribution >= 0.6 is 15.9 Å². The van der Waals surface area contributed by atoms with Crippen molar-refractivity contribution in [1.29, 1.82) is 0 Å². The lowest BCUT2D eigenvalue weighted by Crippen LogP contribution is -2.34. The van der Waals surface area contributed by atoms with Crippen LogP contribution < -0.4 is 5.32 Å². The first-order chi connectivity index (χ1) is 7.95. The predicted molar refractivity (Wildman–Crippen MR) is 71.1 cm³/mol. The highest BCUT2D eigenvalue weighted by atomic mass is 79.9. The van der Waals surface area contributed by atoms with Gasteiger partial charge in [-0.25, -0.2) is 0 Å². The zero-order valence-electron chi connectivity index (χ0n) is 10.4. The molecule has 0 spiro atoms. The van der Waals surface area contributed by atoms with E-state index >= 15 is 0 Å². The molecule has 1 amide bonds. The SMILES string of the molecule is CC(C)n1cc(Br)cc1C(=O)N[C@H](C)CCO. The number of amides is 1. The Morgan fingerprint density at radius 2 is 2.18 bits per heavy atom. The first-order valence-electron chi connectivity index (χ1n) is 5.74. The number of hydrogen-bond donors (Lipinski definition) is 2. The first kappa shape index (κ1) is 14.3. The summed E-state index contributed by atoms with van der Waals surface area (Å²) in [5.41, 5.74) is 0.636. The normalized spacial score (nSPS) is 12.8. The summed E-state index contributed by atoms with van der Waals surface area (Å²) in [4.78, 5) is 12.0. The molecule has 0 fully saturated rings. The Morgan fingerprint density at radius 3 is 2.71 bits per heavy atom. The molecule has 1 rings (SSSR count). The van der Waals surface area contributed by atoms with Gasteiger partial charge in [0.15, 0.2) is 0 Å². The predicted octanol–water partition coefficient (Wildman–Crippen LogP) is 2.33. The highest BCUT2D eigenvalue weighted by Crippen LogP contribution is 2.19. The van der Waals surface area contributed by atoms with Crippen LogP contribution in [0.3, 0.4) is 0 Å². The van der Waals surface area contributed by atoms with E-state index in [9.17, 15) is 4.79 Å². The number of aliphatic hydroxyl groups is 1. The molecule has 96 valence electrons. The molecule has 1 aromatic heterocycles. The van der Waals surface area contributed by atoms with E-state index in [1.54, 1.807) is 6.07 Å². The fourth-order valence-electron chi connectivity index (χ4n) is 1.62. The van der Waals surface area contributed by atoms with Crippen molar-refractivity contribution >= 4 is 21.8 Å². The molecule has 17 heavy (non-hydrogen) atoms. The molecule has 0 bridgehead atoms. The molecule has 0 saturated heterocycles. The lowest BCUT2D eigenvalue weighted by atomic mass is 10.2. The molecule has 0 unspecified atom stereocenters. The maximum Gasteiger partial charge on any atom is 0.268 e. The van der Waals surface area contributed by atoms with Crippen molar-refractivity contribution in [1.82, 2.24) is 9.88 Å². The molecule has 0 radical (unpaired) electrons. The van der Waals surface area contributed by atoms with Gasteiger partial charge in [0.05, 0.1) is 0 Å². The summed E-state index contributed by atoms with van der Waals surface area (Å²) in [7, 11) is 0. The highest BCUT2D eigenvalue weighted by Gasteiger charge is 2.16. The van der Waals surface area contributed by atoms with Crippen molar-refractivity contribution in [3.63, 3.8) is 0 Å². The number of nitrogens with one attached hydrogen (secondary N) is 1. The summed E-state index contributed by atoms with van der Waals surface area (Å²) < 4.78 is 2.82. The molecule has 1 atom stereocenters. The first-order valence-corrected chi connectivity index (χ1v) is 6.54. The molecule has 0 aromatic carbocycles. The number of halogens is 1. The molecule has 2 N–H and O–H groups in total. The number of aliphatic hydroxyl groups excluding tert-OH is 1. The van der Waals surface area contributed by atoms with Crippen molar-refractivity contribution in [2.24, 2.45) is 0 Å². The quantitative estimate of drug-likeness (QED) is 0.877. The second-order valence-corrected chi connectivity index (χ2v) is 5.35. The Bertz CT molecular complexity index is 388. The molecule has 1 heterocycles. The van der Waals surface area contributed by atoms with Crippen molar-refractivity contribution < 1.29 is 9.90 Å². The van der Waals surface area contributed by atoms with Gasteiger partial charge < -0.3 is 15.0 Å². The van der Waals surface area contributed by atoms with Crippen LogP contribution in [0.15, 0.2) is 16.7 Å². The third-order valence-electron chi connectivity index (χ3n) is 2.54. The minimum Gasteiger partial charge on any atom is -0.396 e. The van der Waals surface area contributed by atoms with Gasteiger partial charge >= 0.3 is 0 Å². The summed E-state index contributed by atoms with van der Waals surface area (Å²) in [6.07, 6.45) is 2.46. The number of nitrogens with zero attached hydrogens (tertiary/aromatic N) is 1. The second-order valence-electron chi connectivity index (χ2n) is 4.43. The molecule has 0 saturated carbocycles. The van der Waals surface area contributed by atoms with Crippen molar-refractivity contribution in [2.75, 3.05) is 6.61 Å². The van der Waals surface area contributed by atoms with Crippen LogP contribution in [0, 0.1) is 0 Å². The number of carbonyl (C=O) groups excluding carboxylic acids is 1. The fourth-order valence-corrected chi connectivity index (χ4v) is 2.06. The van der Waals surface area contributed by atoms with Gasteiger partial charge in [0.25, 0.3) is 5.91 Å². The number of carbonyl (C=O) groups is 1. The molecular formula is C12H19BrN2O2. The minimum atomic E-state index is -0.106. The van der Waals surface area contributed by atoms with E-state index in [4.69, 9.17) is 5.11 Å². The van der Waals surface area contributed by atoms with E-state index in [1.165, 1.54) is 0 Å². The third-order valence-corrected chi connectivity index (χ3v) is 2.98. The Hall–Kier alpha value is -0.810. The summed E-state index contributed by atoms with van der Waals surface area (Å²) >= 11 is 3.38. The minimum absolute atomic E-state index is 0.0261. The summed E-state index contributed by atoms with van der Waals surface area (Å²) in [6, 6.07) is 2.01. The van der Waals surface area contributed by atoms with Gasteiger partial charge in [-0.15, -0.1) is 0 Å². The molecule has 0 aliphatic heterocycles. The van der Waals surface area contributed by atoms with Gasteiger partial charge in [-0.05, 0) is 49.2 Å². The molecule has 5 heteroatoms. The topological polar surface area (TPSA) is 54.3 Å². The van der Waals surface area contributed by atoms with Gasteiger partial charge in [0.1, 0.15) is 5.69 Å². The summed E-state index contributed by atoms with van der Waals surface area (Å²) in [5.74, 6) is -0.106. The lowest BCUT2D eigenvalue weighted by Gasteiger charge is -2.15. The monoisotopic (exact) mass is 302 g/mol. The summed E-state index contributed by atoms with van der Waals surface area (Å²) in [6.45, 7) is 6.02. The second kappa shape index (κ2) is 6.21. The maximum atomic E-state index is 12.0. The molecule has 0 aliphatic carbocycles. The highest BCUT2D eigenvalue weighted by molar-refractivity contribution is 9.10. The zero-order chi connectivity index (χ0) is 13.0. The fraction of sp³-hybridized carbons (Fsp3) is 0.583. The Morgan fingerprint density at radius 1 is 1.53 bits per heavy atom. The van der Waals surface area contributed by atoms with Crippen molar-refractivity contribution in [2.45, 2.75) is 39.3 Å².